The van der Waals surface area contributed by atoms with Crippen LogP contribution in [0.3, 0.4) is 0 Å². The summed E-state index contributed by atoms with van der Waals surface area (Å²) in [5.74, 6) is 1.07. The summed E-state index contributed by atoms with van der Waals surface area (Å²) in [4.78, 5) is 12.2. The number of rotatable bonds is 17. The standard InChI is InChI=1S/C32H45N7O6S2/c1-7-8-9-10-11-12-19-43-30(40)33-23-15-13-17-25(20-23)44-46(41)37-24-16-14-18-26(21-24)45-47(42)38-32(5,6)29-35-34-28-22-27(31(2,3)4)36-39(28)29/h13-18,20-22,36-38H,7-12,19H2,1-6H3,(H,33,40). The molecule has 4 N–H and O–H groups in total. The number of anilines is 2. The fourth-order valence-corrected chi connectivity index (χ4v) is 6.04. The lowest BCUT2D eigenvalue weighted by molar-refractivity contribution is 0.159. The molecule has 0 bridgehead atoms. The molecular weight excluding hydrogens is 643 g/mol. The van der Waals surface area contributed by atoms with Crippen molar-refractivity contribution in [3.05, 3.63) is 66.1 Å². The Morgan fingerprint density at radius 2 is 1.49 bits per heavy atom. The highest BCUT2D eigenvalue weighted by Crippen LogP contribution is 2.26. The maximum absolute atomic E-state index is 13.0. The van der Waals surface area contributed by atoms with Gasteiger partial charge in [0.05, 0.1) is 17.8 Å². The SMILES string of the molecule is CCCCCCCCOC(=O)Nc1cccc(OS(=O)Nc2cccc(OS(=O)NC(C)(C)c3nnc4cc(C(C)(C)C)[nH]n34)c2)c1. The van der Waals surface area contributed by atoms with Crippen LogP contribution in [0.5, 0.6) is 11.5 Å². The summed E-state index contributed by atoms with van der Waals surface area (Å²) >= 11 is -3.96. The Kier molecular flexibility index (Phi) is 12.4. The van der Waals surface area contributed by atoms with E-state index < -0.39 is 34.2 Å². The Morgan fingerprint density at radius 1 is 0.851 bits per heavy atom. The van der Waals surface area contributed by atoms with Crippen molar-refractivity contribution in [3.63, 3.8) is 0 Å². The maximum Gasteiger partial charge on any atom is 0.411 e. The molecule has 2 heterocycles. The van der Waals surface area contributed by atoms with E-state index in [-0.39, 0.29) is 16.9 Å². The molecule has 0 fully saturated rings. The molecule has 1 amide bonds. The monoisotopic (exact) mass is 687 g/mol. The normalized spacial score (nSPS) is 13.2. The topological polar surface area (TPSA) is 161 Å². The van der Waals surface area contributed by atoms with Gasteiger partial charge in [0.25, 0.3) is 11.3 Å². The van der Waals surface area contributed by atoms with Crippen LogP contribution in [-0.2, 0) is 38.2 Å². The predicted octanol–water partition coefficient (Wildman–Crippen LogP) is 6.82. The number of fused-ring (bicyclic) bond motifs is 1. The largest absolute Gasteiger partial charge is 0.449 e. The summed E-state index contributed by atoms with van der Waals surface area (Å²) in [6, 6.07) is 14.9. The number of unbranched alkanes of at least 4 members (excludes halogenated alkanes) is 5. The van der Waals surface area contributed by atoms with Crippen LogP contribution in [-0.4, -0.2) is 40.9 Å². The van der Waals surface area contributed by atoms with Gasteiger partial charge in [0.15, 0.2) is 11.5 Å². The highest BCUT2D eigenvalue weighted by atomic mass is 32.2. The molecule has 15 heteroatoms. The number of hydrogen-bond acceptors (Lipinski definition) is 8. The number of H-pyrrole nitrogens is 1. The van der Waals surface area contributed by atoms with Gasteiger partial charge in [0.1, 0.15) is 11.5 Å². The number of benzene rings is 2. The van der Waals surface area contributed by atoms with E-state index in [2.05, 4.69) is 57.8 Å². The average molecular weight is 688 g/mol. The Bertz CT molecular complexity index is 1680. The Hall–Kier alpha value is -3.95. The van der Waals surface area contributed by atoms with Gasteiger partial charge in [-0.05, 0) is 44.5 Å². The molecule has 4 rings (SSSR count). The number of aromatic amines is 1. The Morgan fingerprint density at radius 3 is 2.19 bits per heavy atom. The first-order chi connectivity index (χ1) is 22.3. The fraction of sp³-hybridized carbons (Fsp3) is 0.469. The van der Waals surface area contributed by atoms with Gasteiger partial charge in [-0.1, -0.05) is 71.9 Å². The summed E-state index contributed by atoms with van der Waals surface area (Å²) in [7, 11) is 0. The zero-order valence-corrected chi connectivity index (χ0v) is 29.4. The van der Waals surface area contributed by atoms with Gasteiger partial charge in [-0.25, -0.2) is 9.31 Å². The zero-order chi connectivity index (χ0) is 34.0. The molecule has 2 atom stereocenters. The van der Waals surface area contributed by atoms with Gasteiger partial charge >= 0.3 is 17.4 Å². The number of carbonyl (C=O) groups excluding carboxylic acids is 1. The third-order valence-electron chi connectivity index (χ3n) is 7.09. The van der Waals surface area contributed by atoms with Crippen molar-refractivity contribution in [2.24, 2.45) is 0 Å². The molecule has 2 unspecified atom stereocenters. The lowest BCUT2D eigenvalue weighted by Gasteiger charge is -2.23. The first-order valence-corrected chi connectivity index (χ1v) is 17.8. The van der Waals surface area contributed by atoms with Crippen LogP contribution in [0.15, 0.2) is 54.6 Å². The quantitative estimate of drug-likeness (QED) is 0.0880. The lowest BCUT2D eigenvalue weighted by Crippen LogP contribution is -2.41. The molecular formula is C32H45N7O6S2. The zero-order valence-electron chi connectivity index (χ0n) is 27.8. The van der Waals surface area contributed by atoms with Crippen molar-refractivity contribution >= 4 is 45.6 Å². The second-order valence-corrected chi connectivity index (χ2v) is 14.4. The van der Waals surface area contributed by atoms with Crippen molar-refractivity contribution in [3.8, 4) is 11.5 Å². The molecule has 2 aromatic carbocycles. The minimum absolute atomic E-state index is 0.112. The summed E-state index contributed by atoms with van der Waals surface area (Å²) in [5, 5.41) is 14.5. The molecule has 0 spiro atoms. The number of hydrogen-bond donors (Lipinski definition) is 4. The summed E-state index contributed by atoms with van der Waals surface area (Å²) < 4.78 is 49.6. The molecule has 0 aliphatic rings. The highest BCUT2D eigenvalue weighted by Gasteiger charge is 2.31. The van der Waals surface area contributed by atoms with Gasteiger partial charge in [-0.3, -0.25) is 15.1 Å². The number of carbonyl (C=O) groups is 1. The van der Waals surface area contributed by atoms with Crippen LogP contribution in [0.1, 0.15) is 91.6 Å². The van der Waals surface area contributed by atoms with Gasteiger partial charge in [-0.15, -0.1) is 10.2 Å². The van der Waals surface area contributed by atoms with Crippen molar-refractivity contribution in [1.82, 2.24) is 24.5 Å². The summed E-state index contributed by atoms with van der Waals surface area (Å²) in [5.41, 5.74) is 1.50. The second kappa shape index (κ2) is 16.2. The first kappa shape index (κ1) is 35.9. The predicted molar refractivity (Wildman–Crippen MR) is 185 cm³/mol. The Balaban J connectivity index is 1.27. The van der Waals surface area contributed by atoms with E-state index >= 15 is 0 Å². The molecule has 13 nitrogen and oxygen atoms in total. The molecule has 4 aromatic rings. The average Bonchev–Trinajstić information content (AvgIpc) is 3.59. The summed E-state index contributed by atoms with van der Waals surface area (Å²) in [6.45, 7) is 12.5. The number of nitrogens with zero attached hydrogens (tertiary/aromatic N) is 3. The maximum atomic E-state index is 13.0. The molecule has 0 radical (unpaired) electrons. The molecule has 256 valence electrons. The second-order valence-electron chi connectivity index (χ2n) is 12.7. The van der Waals surface area contributed by atoms with Gasteiger partial charge in [0.2, 0.25) is 0 Å². The van der Waals surface area contributed by atoms with Crippen molar-refractivity contribution < 1.29 is 26.3 Å². The Labute approximate surface area is 281 Å². The molecule has 0 aliphatic heterocycles. The molecule has 2 aromatic heterocycles. The van der Waals surface area contributed by atoms with Crippen LogP contribution in [0, 0.1) is 0 Å². The summed E-state index contributed by atoms with van der Waals surface area (Å²) in [6.07, 6.45) is 6.04. The van der Waals surface area contributed by atoms with E-state index in [9.17, 15) is 13.2 Å². The minimum atomic E-state index is -1.99. The number of amides is 1. The fourth-order valence-electron chi connectivity index (χ4n) is 4.58. The van der Waals surface area contributed by atoms with E-state index in [1.165, 1.54) is 19.3 Å². The third kappa shape index (κ3) is 10.8. The molecule has 47 heavy (non-hydrogen) atoms. The van der Waals surface area contributed by atoms with Crippen LogP contribution in [0.4, 0.5) is 16.2 Å². The van der Waals surface area contributed by atoms with Gasteiger partial charge in [-0.2, -0.15) is 13.1 Å². The molecule has 0 saturated heterocycles. The molecule has 0 saturated carbocycles. The van der Waals surface area contributed by atoms with Crippen LogP contribution in [0.25, 0.3) is 5.65 Å². The van der Waals surface area contributed by atoms with E-state index in [4.69, 9.17) is 13.1 Å². The third-order valence-corrected chi connectivity index (χ3v) is 8.86. The van der Waals surface area contributed by atoms with E-state index in [0.29, 0.717) is 29.5 Å². The number of ether oxygens (including phenoxy) is 1. The van der Waals surface area contributed by atoms with Crippen molar-refractivity contribution in [2.45, 2.75) is 91.0 Å². The van der Waals surface area contributed by atoms with Crippen molar-refractivity contribution in [1.29, 1.82) is 0 Å². The molecule has 0 aliphatic carbocycles. The van der Waals surface area contributed by atoms with Crippen LogP contribution >= 0.6 is 0 Å². The van der Waals surface area contributed by atoms with E-state index in [1.54, 1.807) is 53.0 Å². The van der Waals surface area contributed by atoms with Crippen LogP contribution in [0.2, 0.25) is 0 Å². The number of nitrogens with one attached hydrogen (secondary N) is 4. The first-order valence-electron chi connectivity index (χ1n) is 15.7. The van der Waals surface area contributed by atoms with Crippen molar-refractivity contribution in [2.75, 3.05) is 16.6 Å². The lowest BCUT2D eigenvalue weighted by atomic mass is 9.93. The van der Waals surface area contributed by atoms with Crippen LogP contribution < -0.4 is 23.1 Å². The minimum Gasteiger partial charge on any atom is -0.449 e. The van der Waals surface area contributed by atoms with Gasteiger partial charge < -0.3 is 13.1 Å². The highest BCUT2D eigenvalue weighted by molar-refractivity contribution is 7.82. The van der Waals surface area contributed by atoms with Gasteiger partial charge in [0, 0.05) is 35.0 Å². The smallest absolute Gasteiger partial charge is 0.411 e. The number of aromatic nitrogens is 4. The van der Waals surface area contributed by atoms with E-state index in [1.807, 2.05) is 19.9 Å². The van der Waals surface area contributed by atoms with E-state index in [0.717, 1.165) is 25.0 Å².